The number of nitrogens with one attached hydrogen (secondary N) is 2. The van der Waals surface area contributed by atoms with Crippen molar-refractivity contribution in [3.8, 4) is 0 Å². The lowest BCUT2D eigenvalue weighted by Gasteiger charge is -2.29. The largest absolute Gasteiger partial charge is 0.467 e. The van der Waals surface area contributed by atoms with Gasteiger partial charge in [-0.25, -0.2) is 0 Å². The summed E-state index contributed by atoms with van der Waals surface area (Å²) in [5, 5.41) is 4.98. The quantitative estimate of drug-likeness (QED) is 0.491. The van der Waals surface area contributed by atoms with Gasteiger partial charge in [0.15, 0.2) is 5.11 Å². The van der Waals surface area contributed by atoms with Gasteiger partial charge in [0, 0.05) is 37.1 Å². The van der Waals surface area contributed by atoms with Gasteiger partial charge in [-0.2, -0.15) is 0 Å². The fourth-order valence-corrected chi connectivity index (χ4v) is 4.42. The van der Waals surface area contributed by atoms with Crippen molar-refractivity contribution in [1.82, 2.24) is 20.1 Å². The molecule has 8 heteroatoms. The lowest BCUT2D eigenvalue weighted by Crippen LogP contribution is -2.42. The van der Waals surface area contributed by atoms with Crippen LogP contribution in [0.15, 0.2) is 45.8 Å². The standard InChI is InChI=1S/C25H32N4O3S/c1-18-6-7-19(2)23-22(18)15-20(24(30)27-23)17-29(9-4-8-28-10-13-31-14-11-28)25(33)26-16-21-5-3-12-32-21/h3,5-7,12,15H,4,8-11,13-14,16-17H2,1-2H3,(H,26,33)(H,27,30). The van der Waals surface area contributed by atoms with Crippen LogP contribution < -0.4 is 10.9 Å². The first-order chi connectivity index (χ1) is 16.0. The van der Waals surface area contributed by atoms with E-state index in [0.717, 1.165) is 73.6 Å². The number of pyridine rings is 1. The van der Waals surface area contributed by atoms with E-state index in [-0.39, 0.29) is 5.56 Å². The van der Waals surface area contributed by atoms with Crippen LogP contribution in [-0.4, -0.2) is 59.3 Å². The number of benzene rings is 1. The lowest BCUT2D eigenvalue weighted by atomic mass is 10.0. The number of rotatable bonds is 8. The maximum absolute atomic E-state index is 12.9. The molecular formula is C25H32N4O3S. The highest BCUT2D eigenvalue weighted by Gasteiger charge is 2.16. The van der Waals surface area contributed by atoms with Crippen LogP contribution in [0.25, 0.3) is 10.9 Å². The molecule has 3 heterocycles. The molecule has 3 aromatic rings. The number of hydrogen-bond donors (Lipinski definition) is 2. The number of ether oxygens (including phenoxy) is 1. The Morgan fingerprint density at radius 1 is 1.21 bits per heavy atom. The normalized spacial score (nSPS) is 14.5. The van der Waals surface area contributed by atoms with Crippen LogP contribution in [0.1, 0.15) is 28.9 Å². The molecule has 0 unspecified atom stereocenters. The Balaban J connectivity index is 1.50. The number of hydrogen-bond acceptors (Lipinski definition) is 5. The molecule has 0 bridgehead atoms. The Labute approximate surface area is 199 Å². The topological polar surface area (TPSA) is 73.7 Å². The molecule has 176 valence electrons. The number of H-pyrrole nitrogens is 1. The summed E-state index contributed by atoms with van der Waals surface area (Å²) in [6.07, 6.45) is 2.60. The van der Waals surface area contributed by atoms with E-state index in [1.54, 1.807) is 6.26 Å². The number of furan rings is 1. The van der Waals surface area contributed by atoms with Gasteiger partial charge >= 0.3 is 0 Å². The van der Waals surface area contributed by atoms with Crippen LogP contribution in [0.2, 0.25) is 0 Å². The van der Waals surface area contributed by atoms with Gasteiger partial charge < -0.3 is 24.4 Å². The molecule has 1 aromatic carbocycles. The molecule has 7 nitrogen and oxygen atoms in total. The number of aromatic amines is 1. The van der Waals surface area contributed by atoms with E-state index in [0.29, 0.717) is 23.8 Å². The third-order valence-corrected chi connectivity index (χ3v) is 6.57. The van der Waals surface area contributed by atoms with Crippen molar-refractivity contribution in [3.63, 3.8) is 0 Å². The Morgan fingerprint density at radius 3 is 2.76 bits per heavy atom. The summed E-state index contributed by atoms with van der Waals surface area (Å²) in [6, 6.07) is 9.92. The minimum absolute atomic E-state index is 0.0665. The maximum Gasteiger partial charge on any atom is 0.253 e. The highest BCUT2D eigenvalue weighted by atomic mass is 32.1. The van der Waals surface area contributed by atoms with E-state index in [9.17, 15) is 4.79 Å². The second-order valence-corrected chi connectivity index (χ2v) is 8.97. The van der Waals surface area contributed by atoms with Gasteiger partial charge in [-0.3, -0.25) is 9.69 Å². The predicted octanol–water partition coefficient (Wildman–Crippen LogP) is 3.34. The molecule has 0 radical (unpaired) electrons. The summed E-state index contributed by atoms with van der Waals surface area (Å²) in [7, 11) is 0. The number of fused-ring (bicyclic) bond motifs is 1. The van der Waals surface area contributed by atoms with Crippen LogP contribution in [0.4, 0.5) is 0 Å². The van der Waals surface area contributed by atoms with Crippen molar-refractivity contribution in [1.29, 1.82) is 0 Å². The first-order valence-corrected chi connectivity index (χ1v) is 11.9. The zero-order valence-electron chi connectivity index (χ0n) is 19.4. The first kappa shape index (κ1) is 23.5. The molecule has 4 rings (SSSR count). The zero-order valence-corrected chi connectivity index (χ0v) is 20.2. The van der Waals surface area contributed by atoms with Gasteiger partial charge in [0.2, 0.25) is 0 Å². The maximum atomic E-state index is 12.9. The highest BCUT2D eigenvalue weighted by molar-refractivity contribution is 7.80. The van der Waals surface area contributed by atoms with Crippen molar-refractivity contribution >= 4 is 28.2 Å². The number of nitrogens with zero attached hydrogens (tertiary/aromatic N) is 2. The van der Waals surface area contributed by atoms with Crippen molar-refractivity contribution in [2.75, 3.05) is 39.4 Å². The third-order valence-electron chi connectivity index (χ3n) is 6.17. The number of aryl methyl sites for hydroxylation is 2. The van der Waals surface area contributed by atoms with Crippen molar-refractivity contribution in [2.24, 2.45) is 0 Å². The summed E-state index contributed by atoms with van der Waals surface area (Å²) >= 11 is 5.73. The molecule has 1 aliphatic rings. The van der Waals surface area contributed by atoms with E-state index >= 15 is 0 Å². The van der Waals surface area contributed by atoms with E-state index < -0.39 is 0 Å². The minimum atomic E-state index is -0.0665. The van der Waals surface area contributed by atoms with E-state index in [4.69, 9.17) is 21.4 Å². The summed E-state index contributed by atoms with van der Waals surface area (Å²) in [6.45, 7) is 10.3. The molecule has 2 aromatic heterocycles. The smallest absolute Gasteiger partial charge is 0.253 e. The van der Waals surface area contributed by atoms with Crippen molar-refractivity contribution in [3.05, 3.63) is 69.4 Å². The average Bonchev–Trinajstić information content (AvgIpc) is 3.34. The van der Waals surface area contributed by atoms with Gasteiger partial charge in [-0.05, 0) is 61.8 Å². The van der Waals surface area contributed by atoms with Gasteiger partial charge in [-0.1, -0.05) is 12.1 Å². The Hall–Kier alpha value is -2.68. The second kappa shape index (κ2) is 11.0. The van der Waals surface area contributed by atoms with Crippen LogP contribution in [0, 0.1) is 13.8 Å². The fraction of sp³-hybridized carbons (Fsp3) is 0.440. The van der Waals surface area contributed by atoms with E-state index in [1.165, 1.54) is 0 Å². The van der Waals surface area contributed by atoms with Crippen LogP contribution in [0.3, 0.4) is 0 Å². The molecule has 33 heavy (non-hydrogen) atoms. The summed E-state index contributed by atoms with van der Waals surface area (Å²) in [5.74, 6) is 0.820. The summed E-state index contributed by atoms with van der Waals surface area (Å²) in [5.41, 5.74) is 3.76. The van der Waals surface area contributed by atoms with Crippen LogP contribution in [-0.2, 0) is 17.8 Å². The molecule has 1 fully saturated rings. The monoisotopic (exact) mass is 468 g/mol. The van der Waals surface area contributed by atoms with Gasteiger partial charge in [0.25, 0.3) is 5.56 Å². The molecule has 0 spiro atoms. The zero-order chi connectivity index (χ0) is 23.2. The summed E-state index contributed by atoms with van der Waals surface area (Å²) < 4.78 is 10.9. The lowest BCUT2D eigenvalue weighted by molar-refractivity contribution is 0.0367. The molecule has 0 atom stereocenters. The van der Waals surface area contributed by atoms with E-state index in [1.807, 2.05) is 31.2 Å². The average molecular weight is 469 g/mol. The highest BCUT2D eigenvalue weighted by Crippen LogP contribution is 2.20. The molecular weight excluding hydrogens is 436 g/mol. The van der Waals surface area contributed by atoms with Gasteiger partial charge in [0.05, 0.1) is 38.1 Å². The molecule has 2 N–H and O–H groups in total. The van der Waals surface area contributed by atoms with Gasteiger partial charge in [0.1, 0.15) is 5.76 Å². The number of morpholine rings is 1. The molecule has 1 saturated heterocycles. The predicted molar refractivity (Wildman–Crippen MR) is 134 cm³/mol. The van der Waals surface area contributed by atoms with Crippen molar-refractivity contribution < 1.29 is 9.15 Å². The Bertz CT molecular complexity index is 1140. The first-order valence-electron chi connectivity index (χ1n) is 11.5. The summed E-state index contributed by atoms with van der Waals surface area (Å²) in [4.78, 5) is 20.5. The Kier molecular flexibility index (Phi) is 7.80. The molecule has 0 aliphatic carbocycles. The second-order valence-electron chi connectivity index (χ2n) is 8.58. The van der Waals surface area contributed by atoms with Crippen molar-refractivity contribution in [2.45, 2.75) is 33.4 Å². The number of thiocarbonyl (C=S) groups is 1. The van der Waals surface area contributed by atoms with Crippen LogP contribution >= 0.6 is 12.2 Å². The molecule has 1 aliphatic heterocycles. The number of aromatic nitrogens is 1. The fourth-order valence-electron chi connectivity index (χ4n) is 4.19. The van der Waals surface area contributed by atoms with Crippen LogP contribution in [0.5, 0.6) is 0 Å². The minimum Gasteiger partial charge on any atom is -0.467 e. The third kappa shape index (κ3) is 6.01. The SMILES string of the molecule is Cc1ccc(C)c2[nH]c(=O)c(CN(CCCN3CCOCC3)C(=S)NCc3ccco3)cc12. The van der Waals surface area contributed by atoms with E-state index in [2.05, 4.69) is 33.1 Å². The molecule has 0 saturated carbocycles. The Morgan fingerprint density at radius 2 is 2.00 bits per heavy atom. The van der Waals surface area contributed by atoms with Gasteiger partial charge in [-0.15, -0.1) is 0 Å². The molecule has 0 amide bonds.